The number of carbonyl (C=O) groups is 2. The van der Waals surface area contributed by atoms with Crippen molar-refractivity contribution < 1.29 is 37.7 Å². The predicted molar refractivity (Wildman–Crippen MR) is 143 cm³/mol. The molecule has 10 atom stereocenters. The maximum Gasteiger partial charge on any atom is 0.205 e. The third-order valence-electron chi connectivity index (χ3n) is 10.6. The molecule has 4 aliphatic carbocycles. The number of Topliss-reactive ketones (excluding diaryl/α,β-unsaturated/α-hetero) is 1. The zero-order valence-electron chi connectivity index (χ0n) is 23.1. The lowest BCUT2D eigenvalue weighted by Crippen LogP contribution is -2.71. The number of ketones is 2. The van der Waals surface area contributed by atoms with E-state index in [-0.39, 0.29) is 37.2 Å². The van der Waals surface area contributed by atoms with E-state index in [9.17, 15) is 14.7 Å². The van der Waals surface area contributed by atoms with Crippen molar-refractivity contribution >= 4 is 17.3 Å². The first-order valence-electron chi connectivity index (χ1n) is 14.2. The SMILES string of the molecule is CCCC1O[C@@H]2C[C@H]3[C@@H]4C[C@H](F)C5=CC(=O)C=C[C@]5(C)[C@@]4(F)[C@@H](O)C[C@]3(C)[C@]2(C(=O)COc2cccc(N)c2)O1. The Morgan fingerprint density at radius 1 is 1.25 bits per heavy atom. The van der Waals surface area contributed by atoms with Crippen LogP contribution in [-0.2, 0) is 19.1 Å². The van der Waals surface area contributed by atoms with E-state index in [1.807, 2.05) is 13.8 Å². The molecule has 40 heavy (non-hydrogen) atoms. The molecule has 0 radical (unpaired) electrons. The van der Waals surface area contributed by atoms with Gasteiger partial charge < -0.3 is 25.1 Å². The molecule has 1 unspecified atom stereocenters. The molecule has 1 heterocycles. The molecule has 6 rings (SSSR count). The van der Waals surface area contributed by atoms with Gasteiger partial charge in [-0.3, -0.25) is 9.59 Å². The van der Waals surface area contributed by atoms with Gasteiger partial charge >= 0.3 is 0 Å². The molecule has 0 spiro atoms. The minimum absolute atomic E-state index is 0.0661. The standard InChI is InChI=1S/C31H37F2NO6/c1-4-6-27-39-26-14-20-21-13-23(32)22-12-18(35)9-10-28(22,2)30(21,33)24(36)15-29(20,3)31(26,40-27)25(37)16-38-19-8-5-7-17(34)11-19/h5,7-12,20-21,23-24,26-27,36H,4,6,13-16,34H2,1-3H3/t20-,21-,23-,24-,26+,27?,28-,29-,30-,31+/m0/s1. The van der Waals surface area contributed by atoms with Crippen molar-refractivity contribution in [2.45, 2.75) is 88.8 Å². The fraction of sp³-hybridized carbons (Fsp3) is 0.613. The average molecular weight is 558 g/mol. The molecule has 1 saturated heterocycles. The van der Waals surface area contributed by atoms with Crippen LogP contribution < -0.4 is 10.5 Å². The molecule has 0 amide bonds. The van der Waals surface area contributed by atoms with Gasteiger partial charge in [-0.1, -0.05) is 32.4 Å². The summed E-state index contributed by atoms with van der Waals surface area (Å²) in [7, 11) is 0. The Morgan fingerprint density at radius 2 is 2.02 bits per heavy atom. The van der Waals surface area contributed by atoms with E-state index in [1.54, 1.807) is 31.2 Å². The lowest BCUT2D eigenvalue weighted by molar-refractivity contribution is -0.234. The number of hydrogen-bond acceptors (Lipinski definition) is 7. The number of nitrogens with two attached hydrogens (primary N) is 1. The van der Waals surface area contributed by atoms with E-state index in [0.717, 1.165) is 6.42 Å². The highest BCUT2D eigenvalue weighted by molar-refractivity contribution is 6.01. The summed E-state index contributed by atoms with van der Waals surface area (Å²) in [5.74, 6) is -1.78. The molecule has 4 fully saturated rings. The van der Waals surface area contributed by atoms with Crippen LogP contribution in [0.5, 0.6) is 5.75 Å². The number of aliphatic hydroxyl groups is 1. The van der Waals surface area contributed by atoms with Crippen LogP contribution in [0.1, 0.15) is 52.9 Å². The second kappa shape index (κ2) is 9.19. The van der Waals surface area contributed by atoms with Gasteiger partial charge in [0.1, 0.15) is 18.5 Å². The van der Waals surface area contributed by atoms with Crippen LogP contribution in [0.25, 0.3) is 0 Å². The summed E-state index contributed by atoms with van der Waals surface area (Å²) in [5, 5.41) is 11.7. The summed E-state index contributed by atoms with van der Waals surface area (Å²) in [6.07, 6.45) is 0.748. The molecule has 3 N–H and O–H groups in total. The summed E-state index contributed by atoms with van der Waals surface area (Å²) in [6.45, 7) is 5.07. The number of rotatable bonds is 6. The summed E-state index contributed by atoms with van der Waals surface area (Å²) < 4.78 is 52.0. The molecule has 216 valence electrons. The summed E-state index contributed by atoms with van der Waals surface area (Å²) in [4.78, 5) is 26.3. The minimum Gasteiger partial charge on any atom is -0.486 e. The van der Waals surface area contributed by atoms with E-state index in [1.165, 1.54) is 18.2 Å². The number of allylic oxidation sites excluding steroid dienone is 4. The number of fused-ring (bicyclic) bond motifs is 7. The number of hydrogen-bond donors (Lipinski definition) is 2. The lowest BCUT2D eigenvalue weighted by Gasteiger charge is -2.63. The molecule has 0 aromatic heterocycles. The van der Waals surface area contributed by atoms with Gasteiger partial charge in [0.05, 0.1) is 12.2 Å². The fourth-order valence-corrected chi connectivity index (χ4v) is 8.75. The maximum absolute atomic E-state index is 17.5. The Balaban J connectivity index is 1.39. The van der Waals surface area contributed by atoms with Crippen molar-refractivity contribution in [1.82, 2.24) is 0 Å². The van der Waals surface area contributed by atoms with Crippen molar-refractivity contribution in [2.75, 3.05) is 12.3 Å². The number of aliphatic hydroxyl groups excluding tert-OH is 1. The third kappa shape index (κ3) is 3.50. The highest BCUT2D eigenvalue weighted by Crippen LogP contribution is 2.72. The smallest absolute Gasteiger partial charge is 0.205 e. The minimum atomic E-state index is -2.24. The van der Waals surface area contributed by atoms with E-state index >= 15 is 8.78 Å². The quantitative estimate of drug-likeness (QED) is 0.499. The first-order chi connectivity index (χ1) is 18.9. The zero-order valence-corrected chi connectivity index (χ0v) is 23.1. The molecule has 1 aliphatic heterocycles. The first kappa shape index (κ1) is 27.5. The van der Waals surface area contributed by atoms with E-state index < -0.39 is 64.4 Å². The molecular formula is C31H37F2NO6. The average Bonchev–Trinajstić information content (AvgIpc) is 3.38. The van der Waals surface area contributed by atoms with Crippen molar-refractivity contribution in [2.24, 2.45) is 22.7 Å². The lowest BCUT2D eigenvalue weighted by atomic mass is 9.44. The largest absolute Gasteiger partial charge is 0.486 e. The summed E-state index contributed by atoms with van der Waals surface area (Å²) in [5.41, 5.74) is 0.129. The number of alkyl halides is 2. The maximum atomic E-state index is 17.5. The third-order valence-corrected chi connectivity index (χ3v) is 10.6. The second-order valence-corrected chi connectivity index (χ2v) is 12.6. The topological polar surface area (TPSA) is 108 Å². The van der Waals surface area contributed by atoms with Gasteiger partial charge in [0.25, 0.3) is 0 Å². The number of anilines is 1. The number of benzene rings is 1. The van der Waals surface area contributed by atoms with Crippen molar-refractivity contribution in [3.8, 4) is 5.75 Å². The molecule has 5 aliphatic rings. The Bertz CT molecular complexity index is 1300. The van der Waals surface area contributed by atoms with Gasteiger partial charge in [-0.2, -0.15) is 0 Å². The Kier molecular flexibility index (Phi) is 6.33. The van der Waals surface area contributed by atoms with Crippen molar-refractivity contribution in [1.29, 1.82) is 0 Å². The molecule has 7 nitrogen and oxygen atoms in total. The molecule has 1 aromatic rings. The van der Waals surface area contributed by atoms with Gasteiger partial charge in [0, 0.05) is 28.5 Å². The van der Waals surface area contributed by atoms with Crippen LogP contribution >= 0.6 is 0 Å². The van der Waals surface area contributed by atoms with Crippen molar-refractivity contribution in [3.05, 3.63) is 48.1 Å². The Morgan fingerprint density at radius 3 is 2.75 bits per heavy atom. The highest BCUT2D eigenvalue weighted by atomic mass is 19.1. The molecule has 3 saturated carbocycles. The molecule has 1 aromatic carbocycles. The Labute approximate surface area is 232 Å². The van der Waals surface area contributed by atoms with Gasteiger partial charge in [-0.05, 0) is 68.4 Å². The van der Waals surface area contributed by atoms with Crippen molar-refractivity contribution in [3.63, 3.8) is 0 Å². The van der Waals surface area contributed by atoms with Gasteiger partial charge in [0.15, 0.2) is 23.3 Å². The van der Waals surface area contributed by atoms with E-state index in [4.69, 9.17) is 19.9 Å². The van der Waals surface area contributed by atoms with E-state index in [0.29, 0.717) is 17.9 Å². The fourth-order valence-electron chi connectivity index (χ4n) is 8.75. The van der Waals surface area contributed by atoms with Crippen LogP contribution in [0.4, 0.5) is 14.5 Å². The van der Waals surface area contributed by atoms with Gasteiger partial charge in [0.2, 0.25) is 5.78 Å². The first-order valence-corrected chi connectivity index (χ1v) is 14.2. The molecule has 9 heteroatoms. The number of carbonyl (C=O) groups excluding carboxylic acids is 2. The molecular weight excluding hydrogens is 520 g/mol. The molecule has 0 bridgehead atoms. The Hall–Kier alpha value is -2.62. The normalized spacial score (nSPS) is 45.2. The van der Waals surface area contributed by atoms with Crippen LogP contribution in [0.15, 0.2) is 48.1 Å². The summed E-state index contributed by atoms with van der Waals surface area (Å²) in [6, 6.07) is 6.75. The van der Waals surface area contributed by atoms with E-state index in [2.05, 4.69) is 0 Å². The van der Waals surface area contributed by atoms with Gasteiger partial charge in [-0.25, -0.2) is 8.78 Å². The predicted octanol–water partition coefficient (Wildman–Crippen LogP) is 4.43. The van der Waals surface area contributed by atoms with Crippen LogP contribution in [-0.4, -0.2) is 59.2 Å². The van der Waals surface area contributed by atoms with Gasteiger partial charge in [-0.15, -0.1) is 0 Å². The summed E-state index contributed by atoms with van der Waals surface area (Å²) >= 11 is 0. The van der Waals surface area contributed by atoms with Crippen LogP contribution in [0.2, 0.25) is 0 Å². The number of halogens is 2. The van der Waals surface area contributed by atoms with Crippen LogP contribution in [0, 0.1) is 22.7 Å². The zero-order chi connectivity index (χ0) is 28.7. The monoisotopic (exact) mass is 557 g/mol. The second-order valence-electron chi connectivity index (χ2n) is 12.6. The number of nitrogen functional groups attached to an aromatic ring is 1. The van der Waals surface area contributed by atoms with Crippen LogP contribution in [0.3, 0.4) is 0 Å². The number of ether oxygens (including phenoxy) is 3. The highest BCUT2D eigenvalue weighted by Gasteiger charge is 2.80.